The third-order valence-corrected chi connectivity index (χ3v) is 6.28. The Balaban J connectivity index is 2.15. The van der Waals surface area contributed by atoms with Gasteiger partial charge in [-0.15, -0.1) is 0 Å². The fraction of sp³-hybridized carbons (Fsp3) is 0.577. The van der Waals surface area contributed by atoms with Crippen LogP contribution in [0, 0.1) is 11.3 Å². The minimum Gasteiger partial charge on any atom is -0.493 e. The number of ether oxygens (including phenoxy) is 5. The van der Waals surface area contributed by atoms with E-state index in [0.29, 0.717) is 60.2 Å². The summed E-state index contributed by atoms with van der Waals surface area (Å²) in [5.41, 5.74) is 2.41. The summed E-state index contributed by atoms with van der Waals surface area (Å²) in [7, 11) is 4.60. The van der Waals surface area contributed by atoms with E-state index in [4.69, 9.17) is 28.7 Å². The smallest absolute Gasteiger partial charge is 0.315 e. The van der Waals surface area contributed by atoms with E-state index < -0.39 is 17.8 Å². The summed E-state index contributed by atoms with van der Waals surface area (Å²) in [6.45, 7) is 8.78. The van der Waals surface area contributed by atoms with Crippen molar-refractivity contribution in [1.82, 2.24) is 0 Å². The molecule has 0 radical (unpaired) electrons. The van der Waals surface area contributed by atoms with E-state index in [-0.39, 0.29) is 17.8 Å². The Labute approximate surface area is 201 Å². The molecule has 0 fully saturated rings. The zero-order valence-corrected chi connectivity index (χ0v) is 21.1. The van der Waals surface area contributed by atoms with Crippen LogP contribution in [0.15, 0.2) is 28.4 Å². The minimum absolute atomic E-state index is 0.00614. The quantitative estimate of drug-likeness (QED) is 0.394. The number of ketones is 1. The van der Waals surface area contributed by atoms with E-state index in [2.05, 4.69) is 13.8 Å². The third-order valence-electron chi connectivity index (χ3n) is 6.28. The maximum absolute atomic E-state index is 13.4. The molecule has 1 unspecified atom stereocenters. The Morgan fingerprint density at radius 1 is 1.06 bits per heavy atom. The van der Waals surface area contributed by atoms with Crippen LogP contribution in [0.25, 0.3) is 0 Å². The maximum atomic E-state index is 13.4. The summed E-state index contributed by atoms with van der Waals surface area (Å²) >= 11 is 0. The summed E-state index contributed by atoms with van der Waals surface area (Å²) in [6, 6.07) is 3.59. The molecule has 1 heterocycles. The standard InChI is InChI=1S/C26H35NO7/c1-8-33-9-10-34-25(29)21-15(2)27-17-13-26(3,4)14-18(28)23(17)22(21)16-11-19(30-5)24(32-7)20(12-16)31-6/h11-12,21-22H,8-10,13-14H2,1-7H3/t21?,22-/m1/s1. The fourth-order valence-electron chi connectivity index (χ4n) is 4.83. The molecule has 186 valence electrons. The number of rotatable bonds is 9. The summed E-state index contributed by atoms with van der Waals surface area (Å²) in [5.74, 6) is -0.441. The predicted octanol–water partition coefficient (Wildman–Crippen LogP) is 4.11. The van der Waals surface area contributed by atoms with E-state index in [9.17, 15) is 9.59 Å². The Morgan fingerprint density at radius 3 is 2.26 bits per heavy atom. The van der Waals surface area contributed by atoms with Gasteiger partial charge in [0.05, 0.1) is 27.9 Å². The number of esters is 1. The number of Topliss-reactive ketones (excluding diaryl/α,β-unsaturated/α-hetero) is 1. The van der Waals surface area contributed by atoms with Crippen LogP contribution in [-0.2, 0) is 19.1 Å². The van der Waals surface area contributed by atoms with Crippen molar-refractivity contribution in [2.24, 2.45) is 16.3 Å². The normalized spacial score (nSPS) is 21.5. The Morgan fingerprint density at radius 2 is 1.71 bits per heavy atom. The molecule has 0 aromatic heterocycles. The highest BCUT2D eigenvalue weighted by atomic mass is 16.6. The van der Waals surface area contributed by atoms with Crippen LogP contribution < -0.4 is 14.2 Å². The number of benzene rings is 1. The first-order valence-electron chi connectivity index (χ1n) is 11.5. The number of carbonyl (C=O) groups is 2. The molecule has 0 amide bonds. The summed E-state index contributed by atoms with van der Waals surface area (Å²) in [5, 5.41) is 0. The van der Waals surface area contributed by atoms with Gasteiger partial charge < -0.3 is 23.7 Å². The number of allylic oxidation sites excluding steroid dienone is 2. The van der Waals surface area contributed by atoms with Crippen LogP contribution in [0.5, 0.6) is 17.2 Å². The Kier molecular flexibility index (Phi) is 8.02. The largest absolute Gasteiger partial charge is 0.493 e. The van der Waals surface area contributed by atoms with Crippen molar-refractivity contribution in [1.29, 1.82) is 0 Å². The van der Waals surface area contributed by atoms with Gasteiger partial charge in [-0.05, 0) is 43.4 Å². The number of nitrogens with zero attached hydrogens (tertiary/aromatic N) is 1. The molecule has 0 saturated heterocycles. The Bertz CT molecular complexity index is 983. The van der Waals surface area contributed by atoms with Gasteiger partial charge in [0.15, 0.2) is 17.3 Å². The lowest BCUT2D eigenvalue weighted by Crippen LogP contribution is -2.39. The van der Waals surface area contributed by atoms with Crippen molar-refractivity contribution >= 4 is 17.5 Å². The van der Waals surface area contributed by atoms with Gasteiger partial charge in [-0.3, -0.25) is 14.6 Å². The SMILES string of the molecule is CCOCCOC(=O)C1C(C)=NC2=C(C(=O)CC(C)(C)C2)[C@@H]1c1cc(OC)c(OC)c(OC)c1. The van der Waals surface area contributed by atoms with Crippen LogP contribution in [0.1, 0.15) is 52.0 Å². The Hall–Kier alpha value is -2.87. The molecule has 8 heteroatoms. The van der Waals surface area contributed by atoms with Gasteiger partial charge in [0.2, 0.25) is 5.75 Å². The molecule has 34 heavy (non-hydrogen) atoms. The molecule has 1 aromatic carbocycles. The lowest BCUT2D eigenvalue weighted by atomic mass is 9.67. The highest BCUT2D eigenvalue weighted by Gasteiger charge is 2.46. The summed E-state index contributed by atoms with van der Waals surface area (Å²) in [6.07, 6.45) is 1.03. The monoisotopic (exact) mass is 473 g/mol. The van der Waals surface area contributed by atoms with Crippen LogP contribution in [0.4, 0.5) is 0 Å². The number of hydrogen-bond donors (Lipinski definition) is 0. The van der Waals surface area contributed by atoms with E-state index in [0.717, 1.165) is 5.70 Å². The minimum atomic E-state index is -0.756. The first-order chi connectivity index (χ1) is 16.2. The van der Waals surface area contributed by atoms with E-state index in [1.54, 1.807) is 12.1 Å². The molecule has 1 aliphatic carbocycles. The molecule has 3 rings (SSSR count). The van der Waals surface area contributed by atoms with Crippen molar-refractivity contribution in [3.63, 3.8) is 0 Å². The molecule has 0 N–H and O–H groups in total. The second-order valence-electron chi connectivity index (χ2n) is 9.33. The molecule has 0 bridgehead atoms. The maximum Gasteiger partial charge on any atom is 0.315 e. The first kappa shape index (κ1) is 25.7. The zero-order chi connectivity index (χ0) is 25.0. The fourth-order valence-corrected chi connectivity index (χ4v) is 4.83. The number of hydrogen-bond acceptors (Lipinski definition) is 8. The molecule has 0 spiro atoms. The van der Waals surface area contributed by atoms with Crippen LogP contribution in [-0.4, -0.2) is 58.6 Å². The average Bonchev–Trinajstić information content (AvgIpc) is 2.78. The molecule has 8 nitrogen and oxygen atoms in total. The topological polar surface area (TPSA) is 92.7 Å². The van der Waals surface area contributed by atoms with Crippen molar-refractivity contribution < 1.29 is 33.3 Å². The van der Waals surface area contributed by atoms with E-state index >= 15 is 0 Å². The molecule has 2 aliphatic rings. The van der Waals surface area contributed by atoms with Gasteiger partial charge in [0.1, 0.15) is 12.5 Å². The molecule has 2 atom stereocenters. The molecule has 1 aliphatic heterocycles. The van der Waals surface area contributed by atoms with Crippen molar-refractivity contribution in [3.05, 3.63) is 29.0 Å². The second kappa shape index (κ2) is 10.6. The van der Waals surface area contributed by atoms with Crippen LogP contribution in [0.3, 0.4) is 0 Å². The third kappa shape index (κ3) is 5.12. The van der Waals surface area contributed by atoms with Crippen molar-refractivity contribution in [2.75, 3.05) is 41.2 Å². The lowest BCUT2D eigenvalue weighted by Gasteiger charge is -2.39. The van der Waals surface area contributed by atoms with E-state index in [1.807, 2.05) is 13.8 Å². The van der Waals surface area contributed by atoms with Crippen LogP contribution in [0.2, 0.25) is 0 Å². The van der Waals surface area contributed by atoms with Crippen molar-refractivity contribution in [3.8, 4) is 17.2 Å². The highest BCUT2D eigenvalue weighted by molar-refractivity contribution is 6.09. The molecular weight excluding hydrogens is 438 g/mol. The first-order valence-corrected chi connectivity index (χ1v) is 11.5. The van der Waals surface area contributed by atoms with Gasteiger partial charge in [0, 0.05) is 35.9 Å². The second-order valence-corrected chi connectivity index (χ2v) is 9.33. The number of methoxy groups -OCH3 is 3. The lowest BCUT2D eigenvalue weighted by molar-refractivity contribution is -0.148. The van der Waals surface area contributed by atoms with Gasteiger partial charge in [-0.1, -0.05) is 13.8 Å². The molecule has 0 saturated carbocycles. The van der Waals surface area contributed by atoms with E-state index in [1.165, 1.54) is 21.3 Å². The average molecular weight is 474 g/mol. The van der Waals surface area contributed by atoms with Gasteiger partial charge in [0.25, 0.3) is 0 Å². The van der Waals surface area contributed by atoms with Crippen molar-refractivity contribution in [2.45, 2.75) is 46.5 Å². The van der Waals surface area contributed by atoms with Gasteiger partial charge >= 0.3 is 5.97 Å². The van der Waals surface area contributed by atoms with Gasteiger partial charge in [-0.25, -0.2) is 0 Å². The van der Waals surface area contributed by atoms with Crippen LogP contribution >= 0.6 is 0 Å². The zero-order valence-electron chi connectivity index (χ0n) is 21.1. The molecule has 1 aromatic rings. The number of carbonyl (C=O) groups excluding carboxylic acids is 2. The number of aliphatic imine (C=N–C) groups is 1. The molecular formula is C26H35NO7. The van der Waals surface area contributed by atoms with Gasteiger partial charge in [-0.2, -0.15) is 0 Å². The highest BCUT2D eigenvalue weighted by Crippen LogP contribution is 2.50. The summed E-state index contributed by atoms with van der Waals surface area (Å²) in [4.78, 5) is 31.5. The summed E-state index contributed by atoms with van der Waals surface area (Å²) < 4.78 is 27.4. The predicted molar refractivity (Wildman–Crippen MR) is 128 cm³/mol.